The molecule has 8 nitrogen and oxygen atoms in total. The Morgan fingerprint density at radius 1 is 0.914 bits per heavy atom. The highest BCUT2D eigenvalue weighted by molar-refractivity contribution is 6.30. The van der Waals surface area contributed by atoms with Gasteiger partial charge in [0.15, 0.2) is 0 Å². The number of carbonyl (C=O) groups is 2. The molecule has 0 radical (unpaired) electrons. The Morgan fingerprint density at radius 3 is 2.26 bits per heavy atom. The lowest BCUT2D eigenvalue weighted by atomic mass is 10.1. The van der Waals surface area contributed by atoms with E-state index in [4.69, 9.17) is 11.6 Å². The van der Waals surface area contributed by atoms with Crippen molar-refractivity contribution in [2.75, 3.05) is 10.6 Å². The molecule has 4 aromatic rings. The van der Waals surface area contributed by atoms with Crippen molar-refractivity contribution < 1.29 is 9.59 Å². The van der Waals surface area contributed by atoms with Crippen LogP contribution in [-0.4, -0.2) is 31.6 Å². The summed E-state index contributed by atoms with van der Waals surface area (Å²) >= 11 is 5.91. The second-order valence-corrected chi connectivity index (χ2v) is 8.68. The number of hydrogen-bond donors (Lipinski definition) is 2. The first-order valence-corrected chi connectivity index (χ1v) is 11.4. The lowest BCUT2D eigenvalue weighted by Crippen LogP contribution is -2.20. The van der Waals surface area contributed by atoms with E-state index in [2.05, 4.69) is 25.7 Å². The van der Waals surface area contributed by atoms with Crippen molar-refractivity contribution in [1.29, 1.82) is 0 Å². The average molecular weight is 489 g/mol. The van der Waals surface area contributed by atoms with E-state index in [1.807, 2.05) is 33.8 Å². The molecule has 35 heavy (non-hydrogen) atoms. The van der Waals surface area contributed by atoms with E-state index in [0.717, 1.165) is 22.6 Å². The summed E-state index contributed by atoms with van der Waals surface area (Å²) in [4.78, 5) is 34.8. The van der Waals surface area contributed by atoms with Gasteiger partial charge in [-0.1, -0.05) is 23.7 Å². The monoisotopic (exact) mass is 488 g/mol. The molecule has 2 aromatic heterocycles. The number of aromatic nitrogens is 4. The third-order valence-electron chi connectivity index (χ3n) is 5.49. The van der Waals surface area contributed by atoms with Gasteiger partial charge in [0.05, 0.1) is 23.4 Å². The number of benzene rings is 2. The first-order chi connectivity index (χ1) is 16.7. The van der Waals surface area contributed by atoms with Crippen molar-refractivity contribution in [1.82, 2.24) is 19.7 Å². The number of halogens is 1. The van der Waals surface area contributed by atoms with E-state index in [1.165, 1.54) is 0 Å². The summed E-state index contributed by atoms with van der Waals surface area (Å²) < 4.78 is 1.66. The van der Waals surface area contributed by atoms with E-state index in [9.17, 15) is 9.59 Å². The Balaban J connectivity index is 1.52. The summed E-state index contributed by atoms with van der Waals surface area (Å²) in [5, 5.41) is 10.8. The van der Waals surface area contributed by atoms with E-state index >= 15 is 0 Å². The zero-order valence-electron chi connectivity index (χ0n) is 19.9. The SMILES string of the molecule is Cc1cc(C)nc(-n2nc(C)c(CC(=O)Nc3ccccc3C(=O)Nc3ccc(Cl)cc3)c2C)n1. The van der Waals surface area contributed by atoms with Crippen LogP contribution in [0.1, 0.15) is 38.7 Å². The van der Waals surface area contributed by atoms with Crippen LogP contribution in [0.5, 0.6) is 0 Å². The fourth-order valence-electron chi connectivity index (χ4n) is 3.80. The summed E-state index contributed by atoms with van der Waals surface area (Å²) in [5.41, 5.74) is 5.35. The Morgan fingerprint density at radius 2 is 1.57 bits per heavy atom. The van der Waals surface area contributed by atoms with Gasteiger partial charge in [0.2, 0.25) is 5.91 Å². The second kappa shape index (κ2) is 10.1. The number of carbonyl (C=O) groups excluding carboxylic acids is 2. The van der Waals surface area contributed by atoms with Crippen molar-refractivity contribution in [3.05, 3.63) is 93.5 Å². The Labute approximate surface area is 208 Å². The molecule has 2 heterocycles. The Hall–Kier alpha value is -4.04. The van der Waals surface area contributed by atoms with E-state index < -0.39 is 0 Å². The lowest BCUT2D eigenvalue weighted by Gasteiger charge is -2.12. The number of para-hydroxylation sites is 1. The van der Waals surface area contributed by atoms with Crippen LogP contribution in [0.4, 0.5) is 11.4 Å². The molecular formula is C26H25ClN6O2. The minimum absolute atomic E-state index is 0.0929. The topological polar surface area (TPSA) is 102 Å². The fraction of sp³-hybridized carbons (Fsp3) is 0.192. The maximum atomic E-state index is 13.0. The predicted octanol–water partition coefficient (Wildman–Crippen LogP) is 4.98. The Bertz CT molecular complexity index is 1390. The summed E-state index contributed by atoms with van der Waals surface area (Å²) in [5.74, 6) is -0.127. The first kappa shape index (κ1) is 24.1. The minimum Gasteiger partial charge on any atom is -0.325 e. The maximum Gasteiger partial charge on any atom is 0.257 e. The standard InChI is InChI=1S/C26H25ClN6O2/c1-15-13-16(2)29-26(28-15)33-18(4)22(17(3)32-33)14-24(34)31-23-8-6-5-7-21(23)25(35)30-20-11-9-19(27)10-12-20/h5-13H,14H2,1-4H3,(H,30,35)(H,31,34). The van der Waals surface area contributed by atoms with Gasteiger partial charge in [0.1, 0.15) is 0 Å². The van der Waals surface area contributed by atoms with Crippen LogP contribution in [0.3, 0.4) is 0 Å². The molecule has 0 saturated carbocycles. The summed E-state index contributed by atoms with van der Waals surface area (Å²) in [6, 6.07) is 15.6. The molecule has 2 amide bonds. The molecule has 0 fully saturated rings. The van der Waals surface area contributed by atoms with Crippen LogP contribution in [-0.2, 0) is 11.2 Å². The number of hydrogen-bond acceptors (Lipinski definition) is 5. The number of rotatable bonds is 6. The van der Waals surface area contributed by atoms with Crippen molar-refractivity contribution in [2.24, 2.45) is 0 Å². The van der Waals surface area contributed by atoms with Crippen molar-refractivity contribution >= 4 is 34.8 Å². The van der Waals surface area contributed by atoms with Gasteiger partial charge >= 0.3 is 0 Å². The largest absolute Gasteiger partial charge is 0.325 e. The third kappa shape index (κ3) is 5.55. The smallest absolute Gasteiger partial charge is 0.257 e. The number of nitrogens with zero attached hydrogens (tertiary/aromatic N) is 4. The van der Waals surface area contributed by atoms with Gasteiger partial charge < -0.3 is 10.6 Å². The van der Waals surface area contributed by atoms with Crippen LogP contribution in [0.25, 0.3) is 5.95 Å². The molecule has 2 N–H and O–H groups in total. The second-order valence-electron chi connectivity index (χ2n) is 8.24. The molecule has 0 aliphatic rings. The molecule has 0 bridgehead atoms. The molecule has 4 rings (SSSR count). The number of aryl methyl sites for hydroxylation is 3. The van der Waals surface area contributed by atoms with Crippen LogP contribution in [0.15, 0.2) is 54.6 Å². The Kier molecular flexibility index (Phi) is 6.93. The molecule has 0 unspecified atom stereocenters. The van der Waals surface area contributed by atoms with Crippen molar-refractivity contribution in [3.8, 4) is 5.95 Å². The van der Waals surface area contributed by atoms with Gasteiger partial charge in [0, 0.05) is 33.4 Å². The molecule has 2 aromatic carbocycles. The molecule has 0 aliphatic heterocycles. The highest BCUT2D eigenvalue weighted by Gasteiger charge is 2.19. The van der Waals surface area contributed by atoms with Gasteiger partial charge in [0.25, 0.3) is 11.9 Å². The molecule has 0 spiro atoms. The van der Waals surface area contributed by atoms with Gasteiger partial charge in [-0.2, -0.15) is 5.10 Å². The van der Waals surface area contributed by atoms with Gasteiger partial charge in [-0.05, 0) is 70.2 Å². The average Bonchev–Trinajstić information content (AvgIpc) is 3.08. The van der Waals surface area contributed by atoms with Gasteiger partial charge in [-0.15, -0.1) is 0 Å². The highest BCUT2D eigenvalue weighted by Crippen LogP contribution is 2.21. The van der Waals surface area contributed by atoms with Crippen molar-refractivity contribution in [3.63, 3.8) is 0 Å². The molecule has 9 heteroatoms. The van der Waals surface area contributed by atoms with Crippen LogP contribution >= 0.6 is 11.6 Å². The predicted molar refractivity (Wildman–Crippen MR) is 136 cm³/mol. The van der Waals surface area contributed by atoms with E-state index in [1.54, 1.807) is 53.2 Å². The molecule has 0 aliphatic carbocycles. The molecule has 0 saturated heterocycles. The maximum absolute atomic E-state index is 13.0. The first-order valence-electron chi connectivity index (χ1n) is 11.0. The third-order valence-corrected chi connectivity index (χ3v) is 5.74. The lowest BCUT2D eigenvalue weighted by molar-refractivity contribution is -0.115. The van der Waals surface area contributed by atoms with Gasteiger partial charge in [-0.3, -0.25) is 9.59 Å². The quantitative estimate of drug-likeness (QED) is 0.398. The molecule has 0 atom stereocenters. The summed E-state index contributed by atoms with van der Waals surface area (Å²) in [6.45, 7) is 7.54. The zero-order valence-corrected chi connectivity index (χ0v) is 20.6. The minimum atomic E-state index is -0.338. The highest BCUT2D eigenvalue weighted by atomic mass is 35.5. The van der Waals surface area contributed by atoms with Gasteiger partial charge in [-0.25, -0.2) is 14.6 Å². The molecule has 178 valence electrons. The van der Waals surface area contributed by atoms with E-state index in [0.29, 0.717) is 33.6 Å². The van der Waals surface area contributed by atoms with Crippen LogP contribution in [0.2, 0.25) is 5.02 Å². The van der Waals surface area contributed by atoms with Crippen molar-refractivity contribution in [2.45, 2.75) is 34.1 Å². The van der Waals surface area contributed by atoms with Crippen LogP contribution in [0, 0.1) is 27.7 Å². The normalized spacial score (nSPS) is 10.8. The number of nitrogens with one attached hydrogen (secondary N) is 2. The number of anilines is 2. The molecular weight excluding hydrogens is 464 g/mol. The summed E-state index contributed by atoms with van der Waals surface area (Å²) in [7, 11) is 0. The number of amides is 2. The zero-order chi connectivity index (χ0) is 25.1. The summed E-state index contributed by atoms with van der Waals surface area (Å²) in [6.07, 6.45) is 0.0929. The fourth-order valence-corrected chi connectivity index (χ4v) is 3.93. The van der Waals surface area contributed by atoms with Crippen LogP contribution < -0.4 is 10.6 Å². The van der Waals surface area contributed by atoms with E-state index in [-0.39, 0.29) is 18.2 Å².